The molecule has 0 aromatic carbocycles. The van der Waals surface area contributed by atoms with E-state index in [0.29, 0.717) is 17.3 Å². The SMILES string of the molecule is C=C(C)C(=O)OCCO/C(=C/C(=C)C(=C)/C=C\C(=C)C(C)/C=C\C(C)CC)C(=C)CC. The monoisotopic (exact) mass is 424 g/mol. The summed E-state index contributed by atoms with van der Waals surface area (Å²) in [5.74, 6) is 0.993. The highest BCUT2D eigenvalue weighted by molar-refractivity contribution is 5.86. The summed E-state index contributed by atoms with van der Waals surface area (Å²) in [5.41, 5.74) is 3.67. The standard InChI is InChI=1S/C28H40O3/c1-11-21(5)13-14-23(7)24(8)15-16-25(9)26(10)19-27(22(6)12-2)30-17-18-31-28(29)20(3)4/h13-16,19,21,23H,3,6,8-12,17-18H2,1-2,4-5,7H3/b14-13-,16-15-,27-19+. The Morgan fingerprint density at radius 2 is 1.52 bits per heavy atom. The van der Waals surface area contributed by atoms with E-state index in [2.05, 4.69) is 65.8 Å². The molecule has 0 fully saturated rings. The van der Waals surface area contributed by atoms with Gasteiger partial charge in [0.05, 0.1) is 0 Å². The Kier molecular flexibility index (Phi) is 13.7. The van der Waals surface area contributed by atoms with E-state index >= 15 is 0 Å². The van der Waals surface area contributed by atoms with E-state index in [-0.39, 0.29) is 19.1 Å². The molecule has 0 saturated heterocycles. The van der Waals surface area contributed by atoms with Gasteiger partial charge in [0.2, 0.25) is 0 Å². The summed E-state index contributed by atoms with van der Waals surface area (Å²) < 4.78 is 10.8. The van der Waals surface area contributed by atoms with Crippen LogP contribution in [0.5, 0.6) is 0 Å². The zero-order valence-electron chi connectivity index (χ0n) is 20.1. The summed E-state index contributed by atoms with van der Waals surface area (Å²) in [6.45, 7) is 30.4. The molecule has 31 heavy (non-hydrogen) atoms. The zero-order valence-corrected chi connectivity index (χ0v) is 20.1. The largest absolute Gasteiger partial charge is 0.490 e. The number of carbonyl (C=O) groups is 1. The van der Waals surface area contributed by atoms with Crippen molar-refractivity contribution in [3.63, 3.8) is 0 Å². The maximum absolute atomic E-state index is 11.5. The summed E-state index contributed by atoms with van der Waals surface area (Å²) in [7, 11) is 0. The van der Waals surface area contributed by atoms with Crippen molar-refractivity contribution in [1.82, 2.24) is 0 Å². The van der Waals surface area contributed by atoms with E-state index in [1.54, 1.807) is 6.92 Å². The van der Waals surface area contributed by atoms with Crippen molar-refractivity contribution in [1.29, 1.82) is 0 Å². The van der Waals surface area contributed by atoms with E-state index in [0.717, 1.165) is 35.1 Å². The van der Waals surface area contributed by atoms with Crippen LogP contribution in [0, 0.1) is 11.8 Å². The van der Waals surface area contributed by atoms with Gasteiger partial charge in [-0.2, -0.15) is 0 Å². The molecule has 0 aliphatic carbocycles. The smallest absolute Gasteiger partial charge is 0.333 e. The fourth-order valence-corrected chi connectivity index (χ4v) is 2.16. The molecule has 0 aliphatic rings. The highest BCUT2D eigenvalue weighted by atomic mass is 16.6. The van der Waals surface area contributed by atoms with Crippen LogP contribution in [-0.2, 0) is 14.3 Å². The highest BCUT2D eigenvalue weighted by Crippen LogP contribution is 2.20. The third kappa shape index (κ3) is 11.8. The summed E-state index contributed by atoms with van der Waals surface area (Å²) in [6.07, 6.45) is 12.0. The summed E-state index contributed by atoms with van der Waals surface area (Å²) in [4.78, 5) is 11.5. The molecular formula is C28H40O3. The summed E-state index contributed by atoms with van der Waals surface area (Å²) in [5, 5.41) is 0. The van der Waals surface area contributed by atoms with Crippen molar-refractivity contribution in [2.75, 3.05) is 13.2 Å². The lowest BCUT2D eigenvalue weighted by atomic mass is 9.97. The van der Waals surface area contributed by atoms with Crippen LogP contribution in [0.3, 0.4) is 0 Å². The molecule has 0 aromatic rings. The molecule has 0 aliphatic heterocycles. The van der Waals surface area contributed by atoms with Crippen LogP contribution in [0.15, 0.2) is 96.9 Å². The van der Waals surface area contributed by atoms with Gasteiger partial charge in [-0.15, -0.1) is 0 Å². The van der Waals surface area contributed by atoms with Crippen LogP contribution in [-0.4, -0.2) is 19.2 Å². The highest BCUT2D eigenvalue weighted by Gasteiger charge is 2.07. The minimum absolute atomic E-state index is 0.134. The Bertz CT molecular complexity index is 774. The van der Waals surface area contributed by atoms with Gasteiger partial charge < -0.3 is 9.47 Å². The Morgan fingerprint density at radius 1 is 0.903 bits per heavy atom. The Morgan fingerprint density at radius 3 is 2.06 bits per heavy atom. The molecule has 170 valence electrons. The van der Waals surface area contributed by atoms with E-state index in [1.807, 2.05) is 25.2 Å². The van der Waals surface area contributed by atoms with Gasteiger partial charge >= 0.3 is 5.97 Å². The van der Waals surface area contributed by atoms with E-state index in [1.165, 1.54) is 0 Å². The van der Waals surface area contributed by atoms with Crippen LogP contribution >= 0.6 is 0 Å². The van der Waals surface area contributed by atoms with E-state index in [4.69, 9.17) is 9.47 Å². The average molecular weight is 425 g/mol. The summed E-state index contributed by atoms with van der Waals surface area (Å²) in [6, 6.07) is 0. The number of hydrogen-bond acceptors (Lipinski definition) is 3. The third-order valence-corrected chi connectivity index (χ3v) is 4.87. The third-order valence-electron chi connectivity index (χ3n) is 4.87. The minimum Gasteiger partial charge on any atom is -0.490 e. The topological polar surface area (TPSA) is 35.5 Å². The first-order chi connectivity index (χ1) is 14.5. The van der Waals surface area contributed by atoms with Crippen LogP contribution in [0.2, 0.25) is 0 Å². The minimum atomic E-state index is -0.431. The first kappa shape index (κ1) is 28.2. The summed E-state index contributed by atoms with van der Waals surface area (Å²) >= 11 is 0. The fraction of sp³-hybridized carbons (Fsp3) is 0.393. The van der Waals surface area contributed by atoms with Crippen molar-refractivity contribution in [3.8, 4) is 0 Å². The number of carbonyl (C=O) groups excluding carboxylic acids is 1. The van der Waals surface area contributed by atoms with Gasteiger partial charge in [-0.25, -0.2) is 4.79 Å². The van der Waals surface area contributed by atoms with Crippen molar-refractivity contribution in [2.45, 2.75) is 47.5 Å². The maximum Gasteiger partial charge on any atom is 0.333 e. The molecule has 0 N–H and O–H groups in total. The Hall–Kier alpha value is -2.81. The van der Waals surface area contributed by atoms with Gasteiger partial charge in [0.15, 0.2) is 0 Å². The molecule has 0 amide bonds. The molecule has 3 heteroatoms. The van der Waals surface area contributed by atoms with Gasteiger partial charge in [0.1, 0.15) is 19.0 Å². The number of ether oxygens (including phenoxy) is 2. The first-order valence-electron chi connectivity index (χ1n) is 10.8. The predicted octanol–water partition coefficient (Wildman–Crippen LogP) is 7.44. The second-order valence-electron chi connectivity index (χ2n) is 7.75. The molecule has 0 spiro atoms. The van der Waals surface area contributed by atoms with Crippen LogP contribution in [0.4, 0.5) is 0 Å². The molecule has 0 saturated carbocycles. The Balaban J connectivity index is 4.99. The molecular weight excluding hydrogens is 384 g/mol. The zero-order chi connectivity index (χ0) is 24.0. The number of esters is 1. The number of rotatable bonds is 15. The van der Waals surface area contributed by atoms with Crippen molar-refractivity contribution < 1.29 is 14.3 Å². The quantitative estimate of drug-likeness (QED) is 0.0684. The van der Waals surface area contributed by atoms with Crippen LogP contribution in [0.1, 0.15) is 47.5 Å². The second kappa shape index (κ2) is 15.1. The number of hydrogen-bond donors (Lipinski definition) is 0. The van der Waals surface area contributed by atoms with Gasteiger partial charge in [0.25, 0.3) is 0 Å². The van der Waals surface area contributed by atoms with E-state index in [9.17, 15) is 4.79 Å². The molecule has 2 unspecified atom stereocenters. The van der Waals surface area contributed by atoms with Crippen molar-refractivity contribution >= 4 is 5.97 Å². The fourth-order valence-electron chi connectivity index (χ4n) is 2.16. The number of allylic oxidation sites excluding steroid dienone is 9. The molecule has 0 radical (unpaired) electrons. The maximum atomic E-state index is 11.5. The Labute approximate surface area is 189 Å². The van der Waals surface area contributed by atoms with Crippen LogP contribution < -0.4 is 0 Å². The van der Waals surface area contributed by atoms with Crippen LogP contribution in [0.25, 0.3) is 0 Å². The molecule has 2 atom stereocenters. The first-order valence-corrected chi connectivity index (χ1v) is 10.8. The van der Waals surface area contributed by atoms with Crippen molar-refractivity contribution in [2.24, 2.45) is 11.8 Å². The average Bonchev–Trinajstić information content (AvgIpc) is 2.75. The van der Waals surface area contributed by atoms with Gasteiger partial charge in [0, 0.05) is 5.57 Å². The molecule has 0 bridgehead atoms. The lowest BCUT2D eigenvalue weighted by Gasteiger charge is -2.13. The van der Waals surface area contributed by atoms with Gasteiger partial charge in [-0.1, -0.05) is 91.3 Å². The molecule has 0 aromatic heterocycles. The molecule has 0 heterocycles. The van der Waals surface area contributed by atoms with Gasteiger partial charge in [-0.05, 0) is 53.5 Å². The predicted molar refractivity (Wildman–Crippen MR) is 134 cm³/mol. The normalized spacial score (nSPS) is 13.6. The van der Waals surface area contributed by atoms with Gasteiger partial charge in [-0.3, -0.25) is 0 Å². The molecule has 0 rings (SSSR count). The van der Waals surface area contributed by atoms with Crippen molar-refractivity contribution in [3.05, 3.63) is 96.9 Å². The lowest BCUT2D eigenvalue weighted by Crippen LogP contribution is -2.11. The second-order valence-corrected chi connectivity index (χ2v) is 7.75. The lowest BCUT2D eigenvalue weighted by molar-refractivity contribution is -0.140. The molecule has 3 nitrogen and oxygen atoms in total. The van der Waals surface area contributed by atoms with E-state index < -0.39 is 5.97 Å².